The van der Waals surface area contributed by atoms with Crippen LogP contribution in [0.25, 0.3) is 0 Å². The molecule has 0 spiro atoms. The third-order valence-electron chi connectivity index (χ3n) is 3.62. The van der Waals surface area contributed by atoms with Crippen molar-refractivity contribution in [2.24, 2.45) is 5.92 Å². The fourth-order valence-electron chi connectivity index (χ4n) is 2.62. The van der Waals surface area contributed by atoms with Gasteiger partial charge in [0, 0.05) is 22.8 Å². The summed E-state index contributed by atoms with van der Waals surface area (Å²) in [5, 5.41) is 3.45. The lowest BCUT2D eigenvalue weighted by Gasteiger charge is -2.26. The molecule has 1 fully saturated rings. The number of rotatable bonds is 6. The van der Waals surface area contributed by atoms with Gasteiger partial charge in [-0.05, 0) is 37.8 Å². The second kappa shape index (κ2) is 7.27. The van der Waals surface area contributed by atoms with Crippen LogP contribution in [0.2, 0.25) is 0 Å². The van der Waals surface area contributed by atoms with Crippen LogP contribution in [0.15, 0.2) is 12.1 Å². The number of nitrogens with one attached hydrogen (secondary N) is 1. The van der Waals surface area contributed by atoms with Gasteiger partial charge in [0.2, 0.25) is 0 Å². The molecule has 2 unspecified atom stereocenters. The minimum absolute atomic E-state index is 0.513. The topological polar surface area (TPSA) is 21.3 Å². The Morgan fingerprint density at radius 1 is 1.39 bits per heavy atom. The second-order valence-corrected chi connectivity index (χ2v) is 6.83. The number of ether oxygens (including phenoxy) is 1. The van der Waals surface area contributed by atoms with Crippen LogP contribution >= 0.6 is 11.3 Å². The molecule has 1 heterocycles. The van der Waals surface area contributed by atoms with Crippen LogP contribution < -0.4 is 5.32 Å². The third-order valence-corrected chi connectivity index (χ3v) is 4.62. The van der Waals surface area contributed by atoms with Crippen LogP contribution in [0.1, 0.15) is 42.4 Å². The molecule has 1 N–H and O–H groups in total. The summed E-state index contributed by atoms with van der Waals surface area (Å²) in [5.41, 5.74) is 0. The van der Waals surface area contributed by atoms with E-state index in [1.165, 1.54) is 35.4 Å². The lowest BCUT2D eigenvalue weighted by Crippen LogP contribution is -2.26. The van der Waals surface area contributed by atoms with Gasteiger partial charge in [-0.1, -0.05) is 19.8 Å². The maximum Gasteiger partial charge on any atom is 0.0594 e. The second-order valence-electron chi connectivity index (χ2n) is 5.45. The van der Waals surface area contributed by atoms with Gasteiger partial charge in [0.15, 0.2) is 0 Å². The van der Waals surface area contributed by atoms with Crippen molar-refractivity contribution in [3.63, 3.8) is 0 Å². The standard InChI is InChI=1S/C15H25NOS/c1-12-4-3-5-14(10-12)17-9-8-16-11-15-7-6-13(2)18-15/h6-7,12,14,16H,3-5,8-11H2,1-2H3. The summed E-state index contributed by atoms with van der Waals surface area (Å²) in [6, 6.07) is 4.39. The van der Waals surface area contributed by atoms with Crippen molar-refractivity contribution in [1.29, 1.82) is 0 Å². The zero-order valence-electron chi connectivity index (χ0n) is 11.6. The molecule has 2 rings (SSSR count). The Morgan fingerprint density at radius 2 is 2.28 bits per heavy atom. The highest BCUT2D eigenvalue weighted by molar-refractivity contribution is 7.11. The largest absolute Gasteiger partial charge is 0.377 e. The average molecular weight is 267 g/mol. The quantitative estimate of drug-likeness (QED) is 0.793. The van der Waals surface area contributed by atoms with Gasteiger partial charge in [-0.25, -0.2) is 0 Å². The lowest BCUT2D eigenvalue weighted by atomic mass is 9.89. The minimum atomic E-state index is 0.513. The number of aryl methyl sites for hydroxylation is 1. The molecule has 0 amide bonds. The average Bonchev–Trinajstić information content (AvgIpc) is 2.75. The molecule has 1 aromatic rings. The van der Waals surface area contributed by atoms with E-state index < -0.39 is 0 Å². The van der Waals surface area contributed by atoms with Crippen LogP contribution in [-0.2, 0) is 11.3 Å². The normalized spacial score (nSPS) is 24.3. The molecule has 3 heteroatoms. The van der Waals surface area contributed by atoms with Crippen molar-refractivity contribution in [3.8, 4) is 0 Å². The minimum Gasteiger partial charge on any atom is -0.377 e. The maximum atomic E-state index is 5.94. The van der Waals surface area contributed by atoms with Crippen molar-refractivity contribution in [2.75, 3.05) is 13.2 Å². The Hall–Kier alpha value is -0.380. The van der Waals surface area contributed by atoms with E-state index in [9.17, 15) is 0 Å². The molecule has 1 aliphatic rings. The van der Waals surface area contributed by atoms with Crippen LogP contribution in [0.3, 0.4) is 0 Å². The van der Waals surface area contributed by atoms with Crippen molar-refractivity contribution < 1.29 is 4.74 Å². The molecule has 18 heavy (non-hydrogen) atoms. The fourth-order valence-corrected chi connectivity index (χ4v) is 3.48. The summed E-state index contributed by atoms with van der Waals surface area (Å²) >= 11 is 1.87. The number of thiophene rings is 1. The molecule has 1 aromatic heterocycles. The first-order chi connectivity index (χ1) is 8.74. The molecule has 0 aromatic carbocycles. The van der Waals surface area contributed by atoms with E-state index in [1.807, 2.05) is 11.3 Å². The summed E-state index contributed by atoms with van der Waals surface area (Å²) in [4.78, 5) is 2.80. The molecular formula is C15H25NOS. The van der Waals surface area contributed by atoms with E-state index in [0.717, 1.165) is 25.6 Å². The Kier molecular flexibility index (Phi) is 5.67. The van der Waals surface area contributed by atoms with Gasteiger partial charge in [-0.2, -0.15) is 0 Å². The van der Waals surface area contributed by atoms with Gasteiger partial charge < -0.3 is 10.1 Å². The lowest BCUT2D eigenvalue weighted by molar-refractivity contribution is 0.0173. The summed E-state index contributed by atoms with van der Waals surface area (Å²) < 4.78 is 5.94. The Balaban J connectivity index is 1.53. The first-order valence-electron chi connectivity index (χ1n) is 7.11. The molecule has 1 aliphatic carbocycles. The Morgan fingerprint density at radius 3 is 3.00 bits per heavy atom. The third kappa shape index (κ3) is 4.71. The van der Waals surface area contributed by atoms with E-state index in [1.54, 1.807) is 0 Å². The highest BCUT2D eigenvalue weighted by Gasteiger charge is 2.18. The molecular weight excluding hydrogens is 242 g/mol. The zero-order chi connectivity index (χ0) is 12.8. The predicted octanol–water partition coefficient (Wildman–Crippen LogP) is 3.74. The Labute approximate surface area is 115 Å². The van der Waals surface area contributed by atoms with Gasteiger partial charge in [-0.3, -0.25) is 0 Å². The van der Waals surface area contributed by atoms with Gasteiger partial charge in [0.25, 0.3) is 0 Å². The van der Waals surface area contributed by atoms with Gasteiger partial charge in [0.1, 0.15) is 0 Å². The predicted molar refractivity (Wildman–Crippen MR) is 78.1 cm³/mol. The van der Waals surface area contributed by atoms with Crippen LogP contribution in [0.4, 0.5) is 0 Å². The van der Waals surface area contributed by atoms with Crippen LogP contribution in [0, 0.1) is 12.8 Å². The molecule has 2 atom stereocenters. The van der Waals surface area contributed by atoms with E-state index in [2.05, 4.69) is 31.3 Å². The molecule has 2 nitrogen and oxygen atoms in total. The van der Waals surface area contributed by atoms with Crippen molar-refractivity contribution >= 4 is 11.3 Å². The molecule has 0 radical (unpaired) electrons. The summed E-state index contributed by atoms with van der Waals surface area (Å²) in [5.74, 6) is 0.853. The van der Waals surface area contributed by atoms with Crippen molar-refractivity contribution in [2.45, 2.75) is 52.2 Å². The summed E-state index contributed by atoms with van der Waals surface area (Å²) in [6.45, 7) is 7.28. The smallest absolute Gasteiger partial charge is 0.0594 e. The molecule has 0 saturated heterocycles. The van der Waals surface area contributed by atoms with Gasteiger partial charge in [0.05, 0.1) is 12.7 Å². The summed E-state index contributed by atoms with van der Waals surface area (Å²) in [6.07, 6.45) is 5.75. The number of hydrogen-bond acceptors (Lipinski definition) is 3. The first-order valence-corrected chi connectivity index (χ1v) is 7.93. The monoisotopic (exact) mass is 267 g/mol. The van der Waals surface area contributed by atoms with Crippen molar-refractivity contribution in [3.05, 3.63) is 21.9 Å². The van der Waals surface area contributed by atoms with Gasteiger partial charge in [-0.15, -0.1) is 11.3 Å². The van der Waals surface area contributed by atoms with E-state index in [-0.39, 0.29) is 0 Å². The highest BCUT2D eigenvalue weighted by atomic mass is 32.1. The SMILES string of the molecule is Cc1ccc(CNCCOC2CCCC(C)C2)s1. The van der Waals surface area contributed by atoms with Crippen molar-refractivity contribution in [1.82, 2.24) is 5.32 Å². The van der Waals surface area contributed by atoms with Gasteiger partial charge >= 0.3 is 0 Å². The summed E-state index contributed by atoms with van der Waals surface area (Å²) in [7, 11) is 0. The first kappa shape index (κ1) is 14.0. The number of hydrogen-bond donors (Lipinski definition) is 1. The molecule has 0 aliphatic heterocycles. The van der Waals surface area contributed by atoms with E-state index in [4.69, 9.17) is 4.74 Å². The molecule has 0 bridgehead atoms. The fraction of sp³-hybridized carbons (Fsp3) is 0.733. The van der Waals surface area contributed by atoms with E-state index in [0.29, 0.717) is 6.10 Å². The molecule has 1 saturated carbocycles. The van der Waals surface area contributed by atoms with Crippen LogP contribution in [0.5, 0.6) is 0 Å². The Bertz CT molecular complexity index is 350. The van der Waals surface area contributed by atoms with E-state index >= 15 is 0 Å². The maximum absolute atomic E-state index is 5.94. The molecule has 102 valence electrons. The van der Waals surface area contributed by atoms with Crippen LogP contribution in [-0.4, -0.2) is 19.3 Å². The highest BCUT2D eigenvalue weighted by Crippen LogP contribution is 2.25. The zero-order valence-corrected chi connectivity index (χ0v) is 12.4.